The van der Waals surface area contributed by atoms with Gasteiger partial charge in [0.25, 0.3) is 0 Å². The number of methoxy groups -OCH3 is 2. The third kappa shape index (κ3) is 1.75. The lowest BCUT2D eigenvalue weighted by Gasteiger charge is -2.21. The molecule has 1 rings (SSSR count). The van der Waals surface area contributed by atoms with Gasteiger partial charge >= 0.3 is 11.9 Å². The molecule has 0 radical (unpaired) electrons. The molecule has 0 unspecified atom stereocenters. The van der Waals surface area contributed by atoms with Gasteiger partial charge in [0, 0.05) is 0 Å². The lowest BCUT2D eigenvalue weighted by molar-refractivity contribution is -0.168. The molecule has 0 aromatic heterocycles. The summed E-state index contributed by atoms with van der Waals surface area (Å²) in [5.74, 6) is -1.12. The predicted molar refractivity (Wildman–Crippen MR) is 58.6 cm³/mol. The number of hydrogen-bond acceptors (Lipinski definition) is 4. The second kappa shape index (κ2) is 4.51. The van der Waals surface area contributed by atoms with Crippen LogP contribution in [0.2, 0.25) is 0 Å². The summed E-state index contributed by atoms with van der Waals surface area (Å²) in [7, 11) is 2.53. The van der Waals surface area contributed by atoms with Crippen LogP contribution in [0.15, 0.2) is 23.8 Å². The van der Waals surface area contributed by atoms with Crippen molar-refractivity contribution in [1.82, 2.24) is 0 Å². The second-order valence-corrected chi connectivity index (χ2v) is 3.84. The minimum Gasteiger partial charge on any atom is -0.468 e. The predicted octanol–water partition coefficient (Wildman–Crippen LogP) is 1.62. The van der Waals surface area contributed by atoms with Crippen LogP contribution in [0.5, 0.6) is 0 Å². The second-order valence-electron chi connectivity index (χ2n) is 3.84. The van der Waals surface area contributed by atoms with Gasteiger partial charge in [-0.25, -0.2) is 0 Å². The molecule has 0 aliphatic heterocycles. The van der Waals surface area contributed by atoms with Crippen LogP contribution in [0.3, 0.4) is 0 Å². The van der Waals surface area contributed by atoms with Gasteiger partial charge in [-0.05, 0) is 25.3 Å². The van der Waals surface area contributed by atoms with E-state index in [1.54, 1.807) is 0 Å². The highest BCUT2D eigenvalue weighted by molar-refractivity contribution is 6.01. The number of ether oxygens (including phenoxy) is 2. The van der Waals surface area contributed by atoms with E-state index in [-0.39, 0.29) is 6.42 Å². The summed E-state index contributed by atoms with van der Waals surface area (Å²) in [6, 6.07) is 0. The van der Waals surface area contributed by atoms with E-state index in [2.05, 4.69) is 6.58 Å². The van der Waals surface area contributed by atoms with Crippen LogP contribution in [0.1, 0.15) is 19.8 Å². The first-order valence-corrected chi connectivity index (χ1v) is 5.02. The summed E-state index contributed by atoms with van der Waals surface area (Å²) >= 11 is 0. The van der Waals surface area contributed by atoms with Gasteiger partial charge in [-0.2, -0.15) is 0 Å². The molecule has 0 saturated heterocycles. The molecule has 1 aliphatic carbocycles. The zero-order chi connectivity index (χ0) is 12.3. The van der Waals surface area contributed by atoms with E-state index in [0.29, 0.717) is 6.42 Å². The molecule has 88 valence electrons. The fourth-order valence-electron chi connectivity index (χ4n) is 2.06. The van der Waals surface area contributed by atoms with Crippen LogP contribution < -0.4 is 0 Å². The smallest absolute Gasteiger partial charge is 0.323 e. The standard InChI is InChI=1S/C12H16O4/c1-5-9-7-12(6-8(9)2,10(13)15-3)11(14)16-4/h5H,2,6-7H2,1,3-4H3/b9-5+. The fraction of sp³-hybridized carbons (Fsp3) is 0.500. The Balaban J connectivity index is 3.15. The van der Waals surface area contributed by atoms with Crippen molar-refractivity contribution in [3.63, 3.8) is 0 Å². The average molecular weight is 224 g/mol. The number of hydrogen-bond donors (Lipinski definition) is 0. The Kier molecular flexibility index (Phi) is 3.52. The molecule has 1 aliphatic rings. The molecular weight excluding hydrogens is 208 g/mol. The molecule has 0 heterocycles. The van der Waals surface area contributed by atoms with Gasteiger partial charge in [-0.3, -0.25) is 9.59 Å². The quantitative estimate of drug-likeness (QED) is 0.528. The zero-order valence-electron chi connectivity index (χ0n) is 9.83. The topological polar surface area (TPSA) is 52.6 Å². The maximum atomic E-state index is 11.8. The molecule has 0 aromatic carbocycles. The molecule has 1 fully saturated rings. The molecule has 0 atom stereocenters. The summed E-state index contributed by atoms with van der Waals surface area (Å²) < 4.78 is 9.39. The van der Waals surface area contributed by atoms with Crippen molar-refractivity contribution in [2.45, 2.75) is 19.8 Å². The zero-order valence-corrected chi connectivity index (χ0v) is 9.83. The monoisotopic (exact) mass is 224 g/mol. The molecule has 0 bridgehead atoms. The van der Waals surface area contributed by atoms with Gasteiger partial charge in [0.2, 0.25) is 0 Å². The van der Waals surface area contributed by atoms with Crippen LogP contribution >= 0.6 is 0 Å². The van der Waals surface area contributed by atoms with E-state index in [1.807, 2.05) is 13.0 Å². The Labute approximate surface area is 94.9 Å². The molecule has 0 spiro atoms. The summed E-state index contributed by atoms with van der Waals surface area (Å²) in [5, 5.41) is 0. The van der Waals surface area contributed by atoms with Crippen LogP contribution in [-0.2, 0) is 19.1 Å². The van der Waals surface area contributed by atoms with E-state index in [4.69, 9.17) is 9.47 Å². The van der Waals surface area contributed by atoms with E-state index >= 15 is 0 Å². The highest BCUT2D eigenvalue weighted by Crippen LogP contribution is 2.46. The van der Waals surface area contributed by atoms with Crippen molar-refractivity contribution in [3.05, 3.63) is 23.8 Å². The van der Waals surface area contributed by atoms with Gasteiger partial charge < -0.3 is 9.47 Å². The summed E-state index contributed by atoms with van der Waals surface area (Å²) in [6.07, 6.45) is 2.43. The fourth-order valence-corrected chi connectivity index (χ4v) is 2.06. The van der Waals surface area contributed by atoms with Crippen molar-refractivity contribution in [2.75, 3.05) is 14.2 Å². The maximum absolute atomic E-state index is 11.8. The van der Waals surface area contributed by atoms with Crippen LogP contribution in [0.4, 0.5) is 0 Å². The molecule has 0 N–H and O–H groups in total. The van der Waals surface area contributed by atoms with Crippen LogP contribution in [0, 0.1) is 5.41 Å². The van der Waals surface area contributed by atoms with Crippen LogP contribution in [-0.4, -0.2) is 26.2 Å². The molecule has 1 saturated carbocycles. The largest absolute Gasteiger partial charge is 0.468 e. The Morgan fingerprint density at radius 3 is 2.06 bits per heavy atom. The van der Waals surface area contributed by atoms with E-state index in [0.717, 1.165) is 11.1 Å². The maximum Gasteiger partial charge on any atom is 0.323 e. The van der Waals surface area contributed by atoms with Gasteiger partial charge in [0.15, 0.2) is 5.41 Å². The number of carbonyl (C=O) groups is 2. The lowest BCUT2D eigenvalue weighted by Crippen LogP contribution is -2.38. The Bertz CT molecular complexity index is 349. The SMILES string of the molecule is C=C1CC(C(=O)OC)(C(=O)OC)C/C1=C\C. The van der Waals surface area contributed by atoms with Gasteiger partial charge in [-0.1, -0.05) is 18.2 Å². The van der Waals surface area contributed by atoms with Crippen molar-refractivity contribution in [3.8, 4) is 0 Å². The summed E-state index contributed by atoms with van der Waals surface area (Å²) in [5.41, 5.74) is 0.469. The first kappa shape index (κ1) is 12.5. The van der Waals surface area contributed by atoms with Gasteiger partial charge in [-0.15, -0.1) is 0 Å². The van der Waals surface area contributed by atoms with E-state index < -0.39 is 17.4 Å². The Morgan fingerprint density at radius 2 is 1.75 bits per heavy atom. The Hall–Kier alpha value is -1.58. The first-order valence-electron chi connectivity index (χ1n) is 5.02. The van der Waals surface area contributed by atoms with Crippen LogP contribution in [0.25, 0.3) is 0 Å². The molecule has 0 amide bonds. The summed E-state index contributed by atoms with van der Waals surface area (Å²) in [6.45, 7) is 5.70. The van der Waals surface area contributed by atoms with E-state index in [9.17, 15) is 9.59 Å². The molecule has 16 heavy (non-hydrogen) atoms. The molecular formula is C12H16O4. The number of esters is 2. The number of allylic oxidation sites excluding steroid dienone is 3. The van der Waals surface area contributed by atoms with Gasteiger partial charge in [0.1, 0.15) is 0 Å². The number of rotatable bonds is 2. The minimum atomic E-state index is -1.23. The Morgan fingerprint density at radius 1 is 1.25 bits per heavy atom. The summed E-state index contributed by atoms with van der Waals surface area (Å²) in [4.78, 5) is 23.5. The van der Waals surface area contributed by atoms with Crippen molar-refractivity contribution < 1.29 is 19.1 Å². The highest BCUT2D eigenvalue weighted by Gasteiger charge is 2.53. The van der Waals surface area contributed by atoms with Crippen molar-refractivity contribution >= 4 is 11.9 Å². The highest BCUT2D eigenvalue weighted by atomic mass is 16.5. The van der Waals surface area contributed by atoms with Gasteiger partial charge in [0.05, 0.1) is 14.2 Å². The third-order valence-corrected chi connectivity index (χ3v) is 2.96. The van der Waals surface area contributed by atoms with Crippen molar-refractivity contribution in [1.29, 1.82) is 0 Å². The van der Waals surface area contributed by atoms with E-state index in [1.165, 1.54) is 14.2 Å². The molecule has 4 nitrogen and oxygen atoms in total. The number of carbonyl (C=O) groups excluding carboxylic acids is 2. The van der Waals surface area contributed by atoms with Crippen molar-refractivity contribution in [2.24, 2.45) is 5.41 Å². The minimum absolute atomic E-state index is 0.270. The lowest BCUT2D eigenvalue weighted by atomic mass is 9.86. The normalized spacial score (nSPS) is 20.9. The molecule has 4 heteroatoms. The third-order valence-electron chi connectivity index (χ3n) is 2.96. The average Bonchev–Trinajstić information content (AvgIpc) is 2.65. The first-order chi connectivity index (χ1) is 7.51. The molecule has 0 aromatic rings.